The van der Waals surface area contributed by atoms with E-state index in [9.17, 15) is 0 Å². The first kappa shape index (κ1) is 16.6. The lowest BCUT2D eigenvalue weighted by Crippen LogP contribution is -2.10. The Hall–Kier alpha value is -3.21. The number of para-hydroxylation sites is 2. The molecule has 0 spiro atoms. The Balaban J connectivity index is 1.70. The summed E-state index contributed by atoms with van der Waals surface area (Å²) in [5, 5.41) is 14.1. The molecule has 0 radical (unpaired) electrons. The predicted molar refractivity (Wildman–Crippen MR) is 97.3 cm³/mol. The van der Waals surface area contributed by atoms with Crippen LogP contribution >= 0.6 is 0 Å². The second-order valence-corrected chi connectivity index (χ2v) is 5.29. The number of hydrogen-bond acceptors (Lipinski definition) is 5. The van der Waals surface area contributed by atoms with Crippen molar-refractivity contribution < 1.29 is 19.4 Å². The largest absolute Gasteiger partial charge is 0.493 e. The maximum Gasteiger partial charge on any atom is 0.161 e. The van der Waals surface area contributed by atoms with E-state index in [-0.39, 0.29) is 0 Å². The van der Waals surface area contributed by atoms with E-state index in [1.54, 1.807) is 7.11 Å². The fourth-order valence-electron chi connectivity index (χ4n) is 2.63. The quantitative estimate of drug-likeness (QED) is 0.305. The van der Waals surface area contributed by atoms with Gasteiger partial charge in [0.25, 0.3) is 0 Å². The van der Waals surface area contributed by atoms with Crippen molar-refractivity contribution >= 4 is 17.0 Å². The van der Waals surface area contributed by atoms with Crippen LogP contribution in [0.3, 0.4) is 0 Å². The van der Waals surface area contributed by atoms with E-state index < -0.39 is 0 Å². The minimum absolute atomic E-state index is 0.350. The molecule has 0 aliphatic rings. The normalized spacial score (nSPS) is 10.9. The molecule has 0 fully saturated rings. The molecule has 0 heterocycles. The maximum atomic E-state index is 8.96. The van der Waals surface area contributed by atoms with E-state index in [2.05, 4.69) is 5.16 Å². The smallest absolute Gasteiger partial charge is 0.161 e. The van der Waals surface area contributed by atoms with E-state index in [1.165, 1.54) is 6.21 Å². The highest BCUT2D eigenvalue weighted by Crippen LogP contribution is 2.28. The van der Waals surface area contributed by atoms with Gasteiger partial charge in [-0.25, -0.2) is 0 Å². The van der Waals surface area contributed by atoms with Gasteiger partial charge in [0, 0.05) is 5.56 Å². The van der Waals surface area contributed by atoms with Gasteiger partial charge in [0.2, 0.25) is 0 Å². The van der Waals surface area contributed by atoms with Crippen molar-refractivity contribution in [1.82, 2.24) is 0 Å². The first-order valence-electron chi connectivity index (χ1n) is 7.91. The van der Waals surface area contributed by atoms with Gasteiger partial charge in [-0.15, -0.1) is 0 Å². The summed E-state index contributed by atoms with van der Waals surface area (Å²) in [5.41, 5.74) is 0.734. The SMILES string of the molecule is COc1ccccc1OCCOc1ccc2ccccc2c1C=NO. The Bertz CT molecular complexity index is 876. The van der Waals surface area contributed by atoms with Gasteiger partial charge in [-0.05, 0) is 29.0 Å². The van der Waals surface area contributed by atoms with Crippen LogP contribution in [0.1, 0.15) is 5.56 Å². The summed E-state index contributed by atoms with van der Waals surface area (Å²) in [6, 6.07) is 19.2. The highest BCUT2D eigenvalue weighted by Gasteiger charge is 2.08. The average molecular weight is 337 g/mol. The molecule has 1 N–H and O–H groups in total. The molecule has 0 aliphatic heterocycles. The molecule has 0 aromatic heterocycles. The maximum absolute atomic E-state index is 8.96. The average Bonchev–Trinajstić information content (AvgIpc) is 2.67. The number of nitrogens with zero attached hydrogens (tertiary/aromatic N) is 1. The molecule has 25 heavy (non-hydrogen) atoms. The van der Waals surface area contributed by atoms with Crippen LogP contribution in [0.4, 0.5) is 0 Å². The number of oxime groups is 1. The third-order valence-corrected chi connectivity index (χ3v) is 3.79. The molecule has 5 heteroatoms. The molecule has 0 atom stereocenters. The zero-order valence-electron chi connectivity index (χ0n) is 13.9. The molecule has 3 aromatic rings. The summed E-state index contributed by atoms with van der Waals surface area (Å²) in [4.78, 5) is 0. The van der Waals surface area contributed by atoms with E-state index in [4.69, 9.17) is 19.4 Å². The highest BCUT2D eigenvalue weighted by atomic mass is 16.5. The fraction of sp³-hybridized carbons (Fsp3) is 0.150. The molecule has 0 aliphatic carbocycles. The van der Waals surface area contributed by atoms with E-state index in [0.29, 0.717) is 30.5 Å². The Morgan fingerprint density at radius 3 is 2.28 bits per heavy atom. The van der Waals surface area contributed by atoms with Crippen LogP contribution in [-0.2, 0) is 0 Å². The van der Waals surface area contributed by atoms with Crippen molar-refractivity contribution in [3.05, 3.63) is 66.2 Å². The van der Waals surface area contributed by atoms with Crippen LogP contribution in [0.25, 0.3) is 10.8 Å². The monoisotopic (exact) mass is 337 g/mol. The molecule has 0 amide bonds. The minimum atomic E-state index is 0.350. The van der Waals surface area contributed by atoms with Crippen LogP contribution in [0.15, 0.2) is 65.8 Å². The summed E-state index contributed by atoms with van der Waals surface area (Å²) < 4.78 is 16.8. The lowest BCUT2D eigenvalue weighted by Gasteiger charge is -2.13. The van der Waals surface area contributed by atoms with Gasteiger partial charge in [0.1, 0.15) is 19.0 Å². The lowest BCUT2D eigenvalue weighted by atomic mass is 10.0. The highest BCUT2D eigenvalue weighted by molar-refractivity contribution is 6.02. The molecule has 0 unspecified atom stereocenters. The number of hydrogen-bond donors (Lipinski definition) is 1. The molecular weight excluding hydrogens is 318 g/mol. The first-order chi connectivity index (χ1) is 12.3. The van der Waals surface area contributed by atoms with E-state index >= 15 is 0 Å². The van der Waals surface area contributed by atoms with E-state index in [0.717, 1.165) is 16.3 Å². The van der Waals surface area contributed by atoms with Crippen LogP contribution in [0, 0.1) is 0 Å². The Kier molecular flexibility index (Phi) is 5.36. The molecular formula is C20H19NO4. The van der Waals surface area contributed by atoms with Crippen LogP contribution in [-0.4, -0.2) is 31.7 Å². The number of methoxy groups -OCH3 is 1. The van der Waals surface area contributed by atoms with Gasteiger partial charge >= 0.3 is 0 Å². The Morgan fingerprint density at radius 2 is 1.52 bits per heavy atom. The number of ether oxygens (including phenoxy) is 3. The minimum Gasteiger partial charge on any atom is -0.493 e. The zero-order chi connectivity index (χ0) is 17.5. The Labute approximate surface area is 146 Å². The topological polar surface area (TPSA) is 60.3 Å². The lowest BCUT2D eigenvalue weighted by molar-refractivity contribution is 0.211. The van der Waals surface area contributed by atoms with Gasteiger partial charge in [-0.2, -0.15) is 0 Å². The molecule has 0 saturated carbocycles. The number of rotatable bonds is 7. The van der Waals surface area contributed by atoms with Crippen molar-refractivity contribution in [2.45, 2.75) is 0 Å². The summed E-state index contributed by atoms with van der Waals surface area (Å²) in [7, 11) is 1.61. The predicted octanol–water partition coefficient (Wildman–Crippen LogP) is 4.11. The van der Waals surface area contributed by atoms with Crippen LogP contribution in [0.5, 0.6) is 17.2 Å². The standard InChI is InChI=1S/C20H19NO4/c1-23-19-8-4-5-9-20(19)25-13-12-24-18-11-10-15-6-2-3-7-16(15)17(18)14-21-22/h2-11,14,22H,12-13H2,1H3. The molecule has 5 nitrogen and oxygen atoms in total. The third kappa shape index (κ3) is 3.83. The molecule has 0 bridgehead atoms. The first-order valence-corrected chi connectivity index (χ1v) is 7.91. The summed E-state index contributed by atoms with van der Waals surface area (Å²) in [6.45, 7) is 0.714. The van der Waals surface area contributed by atoms with Crippen LogP contribution in [0.2, 0.25) is 0 Å². The van der Waals surface area contributed by atoms with Crippen molar-refractivity contribution in [2.75, 3.05) is 20.3 Å². The molecule has 0 saturated heterocycles. The van der Waals surface area contributed by atoms with Crippen molar-refractivity contribution in [1.29, 1.82) is 0 Å². The zero-order valence-corrected chi connectivity index (χ0v) is 13.9. The second kappa shape index (κ2) is 8.06. The van der Waals surface area contributed by atoms with Gasteiger partial charge in [0.15, 0.2) is 11.5 Å². The van der Waals surface area contributed by atoms with Gasteiger partial charge in [0.05, 0.1) is 13.3 Å². The second-order valence-electron chi connectivity index (χ2n) is 5.29. The summed E-state index contributed by atoms with van der Waals surface area (Å²) in [6.07, 6.45) is 1.39. The van der Waals surface area contributed by atoms with Crippen LogP contribution < -0.4 is 14.2 Å². The molecule has 128 valence electrons. The summed E-state index contributed by atoms with van der Waals surface area (Å²) in [5.74, 6) is 1.99. The summed E-state index contributed by atoms with van der Waals surface area (Å²) >= 11 is 0. The Morgan fingerprint density at radius 1 is 0.840 bits per heavy atom. The van der Waals surface area contributed by atoms with Gasteiger partial charge in [-0.1, -0.05) is 47.6 Å². The van der Waals surface area contributed by atoms with Crippen molar-refractivity contribution in [3.8, 4) is 17.2 Å². The van der Waals surface area contributed by atoms with E-state index in [1.807, 2.05) is 60.7 Å². The number of benzene rings is 3. The fourth-order valence-corrected chi connectivity index (χ4v) is 2.63. The molecule has 3 aromatic carbocycles. The van der Waals surface area contributed by atoms with Gasteiger partial charge < -0.3 is 19.4 Å². The van der Waals surface area contributed by atoms with Gasteiger partial charge in [-0.3, -0.25) is 0 Å². The number of fused-ring (bicyclic) bond motifs is 1. The van der Waals surface area contributed by atoms with Crippen molar-refractivity contribution in [2.24, 2.45) is 5.16 Å². The van der Waals surface area contributed by atoms with Crippen molar-refractivity contribution in [3.63, 3.8) is 0 Å². The third-order valence-electron chi connectivity index (χ3n) is 3.79. The molecule has 3 rings (SSSR count).